The molecule has 0 unspecified atom stereocenters. The number of carbonyl (C=O) groups is 1. The molecular weight excluding hydrogens is 450 g/mol. The predicted molar refractivity (Wildman–Crippen MR) is 143 cm³/mol. The molecule has 0 aliphatic carbocycles. The number of aromatic nitrogens is 2. The van der Waals surface area contributed by atoms with Crippen LogP contribution in [0.3, 0.4) is 0 Å². The highest BCUT2D eigenvalue weighted by atomic mass is 16.5. The monoisotopic (exact) mass is 481 g/mol. The number of rotatable bonds is 8. The molecule has 0 radical (unpaired) electrons. The van der Waals surface area contributed by atoms with Gasteiger partial charge in [0.15, 0.2) is 0 Å². The van der Waals surface area contributed by atoms with Crippen LogP contribution in [-0.2, 0) is 19.4 Å². The zero-order valence-electron chi connectivity index (χ0n) is 20.5. The molecule has 1 aliphatic rings. The Morgan fingerprint density at radius 1 is 0.972 bits per heavy atom. The van der Waals surface area contributed by atoms with Gasteiger partial charge in [0.1, 0.15) is 17.3 Å². The molecule has 0 bridgehead atoms. The Kier molecular flexibility index (Phi) is 7.28. The van der Waals surface area contributed by atoms with Gasteiger partial charge in [-0.2, -0.15) is 5.10 Å². The second-order valence-electron chi connectivity index (χ2n) is 8.94. The average Bonchev–Trinajstić information content (AvgIpc) is 3.30. The molecule has 1 aliphatic heterocycles. The second kappa shape index (κ2) is 11.1. The number of aryl methyl sites for hydroxylation is 1. The first-order chi connectivity index (χ1) is 17.7. The van der Waals surface area contributed by atoms with Gasteiger partial charge >= 0.3 is 6.03 Å². The number of hydrogen-bond donors (Lipinski definition) is 3. The van der Waals surface area contributed by atoms with Crippen molar-refractivity contribution in [2.24, 2.45) is 0 Å². The van der Waals surface area contributed by atoms with Gasteiger partial charge in [-0.3, -0.25) is 5.32 Å². The maximum Gasteiger partial charge on any atom is 0.324 e. The van der Waals surface area contributed by atoms with Crippen LogP contribution in [0.15, 0.2) is 78.9 Å². The molecule has 7 heteroatoms. The van der Waals surface area contributed by atoms with Crippen LogP contribution in [0.2, 0.25) is 0 Å². The molecule has 3 N–H and O–H groups in total. The van der Waals surface area contributed by atoms with Gasteiger partial charge in [-0.1, -0.05) is 43.7 Å². The highest BCUT2D eigenvalue weighted by Crippen LogP contribution is 2.25. The molecule has 2 amide bonds. The summed E-state index contributed by atoms with van der Waals surface area (Å²) in [4.78, 5) is 13.0. The molecule has 36 heavy (non-hydrogen) atoms. The molecule has 1 aromatic heterocycles. The van der Waals surface area contributed by atoms with Crippen LogP contribution in [0, 0.1) is 0 Å². The number of benzene rings is 3. The van der Waals surface area contributed by atoms with Crippen molar-refractivity contribution in [1.82, 2.24) is 15.1 Å². The molecular formula is C29H31N5O2. The first kappa shape index (κ1) is 23.6. The van der Waals surface area contributed by atoms with Crippen LogP contribution in [0.4, 0.5) is 16.3 Å². The van der Waals surface area contributed by atoms with Gasteiger partial charge in [-0.25, -0.2) is 9.48 Å². The van der Waals surface area contributed by atoms with Gasteiger partial charge in [-0.05, 0) is 73.3 Å². The van der Waals surface area contributed by atoms with E-state index in [1.807, 2.05) is 59.3 Å². The minimum Gasteiger partial charge on any atom is -0.457 e. The summed E-state index contributed by atoms with van der Waals surface area (Å²) in [6, 6.07) is 24.9. The fourth-order valence-corrected chi connectivity index (χ4v) is 4.33. The van der Waals surface area contributed by atoms with E-state index in [1.165, 1.54) is 11.1 Å². The van der Waals surface area contributed by atoms with E-state index in [1.54, 1.807) is 6.07 Å². The predicted octanol–water partition coefficient (Wildman–Crippen LogP) is 6.30. The van der Waals surface area contributed by atoms with Crippen molar-refractivity contribution >= 4 is 17.5 Å². The maximum absolute atomic E-state index is 13.0. The topological polar surface area (TPSA) is 80.2 Å². The standard InChI is InChI=1S/C29H31N5O2/c1-2-3-8-24-19-28(34(33-24)25-14-13-22-20-30-16-15-21(22)17-25)32-29(35)31-23-9-7-12-27(18-23)36-26-10-5-4-6-11-26/h4-7,9-14,17-19,30H,2-3,8,15-16,20H2,1H3,(H2,31,32,35). The first-order valence-corrected chi connectivity index (χ1v) is 12.5. The molecule has 4 aromatic rings. The first-order valence-electron chi connectivity index (χ1n) is 12.5. The SMILES string of the molecule is CCCCc1cc(NC(=O)Nc2cccc(Oc3ccccc3)c2)n(-c2ccc3c(c2)CCNC3)n1. The van der Waals surface area contributed by atoms with Crippen molar-refractivity contribution in [3.63, 3.8) is 0 Å². The Balaban J connectivity index is 1.34. The third-order valence-corrected chi connectivity index (χ3v) is 6.18. The normalized spacial score (nSPS) is 12.6. The number of unbranched alkanes of at least 4 members (excludes halogenated alkanes) is 1. The second-order valence-corrected chi connectivity index (χ2v) is 8.94. The van der Waals surface area contributed by atoms with E-state index in [4.69, 9.17) is 9.84 Å². The zero-order valence-corrected chi connectivity index (χ0v) is 20.5. The third kappa shape index (κ3) is 5.75. The van der Waals surface area contributed by atoms with Crippen molar-refractivity contribution < 1.29 is 9.53 Å². The van der Waals surface area contributed by atoms with Crippen molar-refractivity contribution in [3.05, 3.63) is 95.7 Å². The Morgan fingerprint density at radius 3 is 2.69 bits per heavy atom. The van der Waals surface area contributed by atoms with Crippen LogP contribution < -0.4 is 20.7 Å². The van der Waals surface area contributed by atoms with E-state index < -0.39 is 0 Å². The molecule has 7 nitrogen and oxygen atoms in total. The van der Waals surface area contributed by atoms with Crippen LogP contribution >= 0.6 is 0 Å². The molecule has 0 saturated heterocycles. The van der Waals surface area contributed by atoms with Gasteiger partial charge in [0.05, 0.1) is 11.4 Å². The number of urea groups is 1. The minimum atomic E-state index is -0.336. The van der Waals surface area contributed by atoms with Crippen LogP contribution in [0.1, 0.15) is 36.6 Å². The van der Waals surface area contributed by atoms with Gasteiger partial charge in [-0.15, -0.1) is 0 Å². The van der Waals surface area contributed by atoms with E-state index in [0.29, 0.717) is 17.3 Å². The quantitative estimate of drug-likeness (QED) is 0.276. The van der Waals surface area contributed by atoms with Crippen molar-refractivity contribution in [2.75, 3.05) is 17.2 Å². The van der Waals surface area contributed by atoms with Gasteiger partial charge in [0.25, 0.3) is 0 Å². The molecule has 5 rings (SSSR count). The number of ether oxygens (including phenoxy) is 1. The number of hydrogen-bond acceptors (Lipinski definition) is 4. The summed E-state index contributed by atoms with van der Waals surface area (Å²) < 4.78 is 7.73. The number of para-hydroxylation sites is 1. The average molecular weight is 482 g/mol. The number of fused-ring (bicyclic) bond motifs is 1. The Bertz CT molecular complexity index is 1330. The lowest BCUT2D eigenvalue weighted by Crippen LogP contribution is -2.24. The fraction of sp³-hybridized carbons (Fsp3) is 0.241. The van der Waals surface area contributed by atoms with Crippen molar-refractivity contribution in [2.45, 2.75) is 39.2 Å². The summed E-state index contributed by atoms with van der Waals surface area (Å²) in [6.07, 6.45) is 3.99. The van der Waals surface area contributed by atoms with Crippen LogP contribution in [0.25, 0.3) is 5.69 Å². The third-order valence-electron chi connectivity index (χ3n) is 6.18. The summed E-state index contributed by atoms with van der Waals surface area (Å²) in [5.74, 6) is 2.03. The maximum atomic E-state index is 13.0. The molecule has 3 aromatic carbocycles. The highest BCUT2D eigenvalue weighted by molar-refractivity contribution is 5.99. The minimum absolute atomic E-state index is 0.336. The Labute approximate surface area is 211 Å². The number of anilines is 2. The Hall–Kier alpha value is -4.10. The number of nitrogens with one attached hydrogen (secondary N) is 3. The summed E-state index contributed by atoms with van der Waals surface area (Å²) in [5, 5.41) is 14.2. The molecule has 0 fully saturated rings. The lowest BCUT2D eigenvalue weighted by Gasteiger charge is -2.18. The molecule has 0 saturated carbocycles. The van der Waals surface area contributed by atoms with E-state index in [-0.39, 0.29) is 6.03 Å². The summed E-state index contributed by atoms with van der Waals surface area (Å²) in [6.45, 7) is 4.02. The van der Waals surface area contributed by atoms with Crippen molar-refractivity contribution in [1.29, 1.82) is 0 Å². The molecule has 2 heterocycles. The zero-order chi connectivity index (χ0) is 24.7. The van der Waals surface area contributed by atoms with Gasteiger partial charge in [0, 0.05) is 24.4 Å². The number of amides is 2. The van der Waals surface area contributed by atoms with E-state index in [9.17, 15) is 4.79 Å². The van der Waals surface area contributed by atoms with E-state index in [0.717, 1.165) is 55.9 Å². The van der Waals surface area contributed by atoms with Gasteiger partial charge in [0.2, 0.25) is 0 Å². The summed E-state index contributed by atoms with van der Waals surface area (Å²) >= 11 is 0. The van der Waals surface area contributed by atoms with Crippen LogP contribution in [-0.4, -0.2) is 22.4 Å². The lowest BCUT2D eigenvalue weighted by atomic mass is 10.0. The summed E-state index contributed by atoms with van der Waals surface area (Å²) in [7, 11) is 0. The van der Waals surface area contributed by atoms with Gasteiger partial charge < -0.3 is 15.4 Å². The fourth-order valence-electron chi connectivity index (χ4n) is 4.33. The highest BCUT2D eigenvalue weighted by Gasteiger charge is 2.16. The smallest absolute Gasteiger partial charge is 0.324 e. The molecule has 0 atom stereocenters. The van der Waals surface area contributed by atoms with E-state index in [2.05, 4.69) is 41.1 Å². The molecule has 0 spiro atoms. The molecule has 184 valence electrons. The number of nitrogens with zero attached hydrogens (tertiary/aromatic N) is 2. The number of carbonyl (C=O) groups excluding carboxylic acids is 1. The van der Waals surface area contributed by atoms with Crippen molar-refractivity contribution in [3.8, 4) is 17.2 Å². The summed E-state index contributed by atoms with van der Waals surface area (Å²) in [5.41, 5.74) is 5.19. The largest absolute Gasteiger partial charge is 0.457 e. The van der Waals surface area contributed by atoms with Crippen LogP contribution in [0.5, 0.6) is 11.5 Å². The van der Waals surface area contributed by atoms with E-state index >= 15 is 0 Å². The lowest BCUT2D eigenvalue weighted by molar-refractivity contribution is 0.262. The Morgan fingerprint density at radius 2 is 1.83 bits per heavy atom.